The Labute approximate surface area is 155 Å². The van der Waals surface area contributed by atoms with Crippen molar-refractivity contribution in [2.45, 2.75) is 39.2 Å². The van der Waals surface area contributed by atoms with Gasteiger partial charge in [-0.15, -0.1) is 11.3 Å². The number of rotatable bonds is 6. The molecule has 5 heteroatoms. The quantitative estimate of drug-likeness (QED) is 0.779. The predicted molar refractivity (Wildman–Crippen MR) is 101 cm³/mol. The Balaban J connectivity index is 1.36. The van der Waals surface area contributed by atoms with Crippen LogP contribution in [0, 0.1) is 17.3 Å². The molecule has 0 aromatic carbocycles. The molecule has 1 aromatic heterocycles. The van der Waals surface area contributed by atoms with Crippen molar-refractivity contribution in [1.82, 2.24) is 9.80 Å². The Hall–Kier alpha value is -0.910. The molecule has 1 aromatic rings. The molecule has 0 N–H and O–H groups in total. The van der Waals surface area contributed by atoms with E-state index in [9.17, 15) is 4.79 Å². The fraction of sp³-hybridized carbons (Fsp3) is 0.750. The van der Waals surface area contributed by atoms with Gasteiger partial charge in [0.15, 0.2) is 0 Å². The molecule has 3 fully saturated rings. The molecule has 3 heterocycles. The molecule has 25 heavy (non-hydrogen) atoms. The van der Waals surface area contributed by atoms with Crippen molar-refractivity contribution in [2.24, 2.45) is 17.3 Å². The standard InChI is InChI=1S/C20H30N2O2S/c1-16(23)22-11-18(14-24-13-17-4-5-17)20(15-22)6-8-21(9-7-20)12-19-3-2-10-25-19/h2-3,10,17-18H,4-9,11-15H2,1H3/t18-/m1/s1. The van der Waals surface area contributed by atoms with E-state index < -0.39 is 0 Å². The Morgan fingerprint density at radius 1 is 1.32 bits per heavy atom. The van der Waals surface area contributed by atoms with Gasteiger partial charge in [-0.2, -0.15) is 0 Å². The van der Waals surface area contributed by atoms with Crippen LogP contribution in [0.4, 0.5) is 0 Å². The van der Waals surface area contributed by atoms with E-state index in [1.807, 2.05) is 11.3 Å². The van der Waals surface area contributed by atoms with Crippen LogP contribution < -0.4 is 0 Å². The Kier molecular flexibility index (Phi) is 5.16. The van der Waals surface area contributed by atoms with E-state index in [4.69, 9.17) is 4.74 Å². The lowest BCUT2D eigenvalue weighted by Gasteiger charge is -2.42. The number of hydrogen-bond acceptors (Lipinski definition) is 4. The van der Waals surface area contributed by atoms with Crippen molar-refractivity contribution in [3.63, 3.8) is 0 Å². The minimum absolute atomic E-state index is 0.227. The highest BCUT2D eigenvalue weighted by Gasteiger charge is 2.48. The zero-order valence-electron chi connectivity index (χ0n) is 15.3. The maximum Gasteiger partial charge on any atom is 0.219 e. The van der Waals surface area contributed by atoms with Crippen LogP contribution in [0.2, 0.25) is 0 Å². The molecule has 4 rings (SSSR count). The number of nitrogens with zero attached hydrogens (tertiary/aromatic N) is 2. The van der Waals surface area contributed by atoms with Crippen molar-refractivity contribution in [2.75, 3.05) is 39.4 Å². The fourth-order valence-corrected chi connectivity index (χ4v) is 5.26. The van der Waals surface area contributed by atoms with Crippen molar-refractivity contribution >= 4 is 17.2 Å². The molecule has 2 aliphatic heterocycles. The third kappa shape index (κ3) is 4.09. The summed E-state index contributed by atoms with van der Waals surface area (Å²) < 4.78 is 6.06. The van der Waals surface area contributed by atoms with E-state index in [0.29, 0.717) is 5.92 Å². The van der Waals surface area contributed by atoms with Crippen molar-refractivity contribution in [3.8, 4) is 0 Å². The largest absolute Gasteiger partial charge is 0.381 e. The van der Waals surface area contributed by atoms with Gasteiger partial charge < -0.3 is 9.64 Å². The number of amides is 1. The van der Waals surface area contributed by atoms with Crippen LogP contribution in [0.25, 0.3) is 0 Å². The Morgan fingerprint density at radius 2 is 2.12 bits per heavy atom. The summed E-state index contributed by atoms with van der Waals surface area (Å²) in [7, 11) is 0. The number of ether oxygens (including phenoxy) is 1. The van der Waals surface area contributed by atoms with Crippen LogP contribution in [0.15, 0.2) is 17.5 Å². The number of piperidine rings is 1. The van der Waals surface area contributed by atoms with Gasteiger partial charge in [0.1, 0.15) is 0 Å². The SMILES string of the molecule is CC(=O)N1C[C@H](COCC2CC2)C2(CCN(Cc3cccs3)CC2)C1. The highest BCUT2D eigenvalue weighted by molar-refractivity contribution is 7.09. The van der Waals surface area contributed by atoms with Gasteiger partial charge in [0, 0.05) is 44.0 Å². The lowest BCUT2D eigenvalue weighted by molar-refractivity contribution is -0.128. The van der Waals surface area contributed by atoms with Gasteiger partial charge in [0.05, 0.1) is 6.61 Å². The third-order valence-corrected chi connectivity index (χ3v) is 7.30. The maximum atomic E-state index is 12.0. The van der Waals surface area contributed by atoms with Gasteiger partial charge in [-0.05, 0) is 61.6 Å². The second kappa shape index (κ2) is 7.37. The van der Waals surface area contributed by atoms with Gasteiger partial charge in [-0.3, -0.25) is 9.69 Å². The summed E-state index contributed by atoms with van der Waals surface area (Å²) in [5.41, 5.74) is 0.279. The minimum atomic E-state index is 0.227. The predicted octanol–water partition coefficient (Wildman–Crippen LogP) is 3.24. The van der Waals surface area contributed by atoms with E-state index in [1.165, 1.54) is 30.6 Å². The second-order valence-electron chi connectivity index (χ2n) is 8.30. The van der Waals surface area contributed by atoms with E-state index in [1.54, 1.807) is 6.92 Å². The van der Waals surface area contributed by atoms with Crippen LogP contribution in [0.5, 0.6) is 0 Å². The molecule has 1 spiro atoms. The molecular weight excluding hydrogens is 332 g/mol. The molecular formula is C20H30N2O2S. The number of thiophene rings is 1. The normalized spacial score (nSPS) is 26.4. The summed E-state index contributed by atoms with van der Waals surface area (Å²) in [6.07, 6.45) is 5.07. The lowest BCUT2D eigenvalue weighted by Crippen LogP contribution is -2.45. The van der Waals surface area contributed by atoms with Crippen LogP contribution in [0.3, 0.4) is 0 Å². The number of carbonyl (C=O) groups is 1. The van der Waals surface area contributed by atoms with Gasteiger partial charge in [0.2, 0.25) is 5.91 Å². The first-order valence-corrected chi connectivity index (χ1v) is 10.6. The molecule has 2 saturated heterocycles. The molecule has 0 unspecified atom stereocenters. The first-order chi connectivity index (χ1) is 12.1. The molecule has 1 aliphatic carbocycles. The maximum absolute atomic E-state index is 12.0. The average molecular weight is 363 g/mol. The van der Waals surface area contributed by atoms with Crippen LogP contribution in [-0.2, 0) is 16.1 Å². The highest BCUT2D eigenvalue weighted by Crippen LogP contribution is 2.45. The first kappa shape index (κ1) is 17.5. The molecule has 1 amide bonds. The van der Waals surface area contributed by atoms with Gasteiger partial charge in [-0.25, -0.2) is 0 Å². The lowest BCUT2D eigenvalue weighted by atomic mass is 9.71. The molecule has 0 bridgehead atoms. The molecule has 4 nitrogen and oxygen atoms in total. The van der Waals surface area contributed by atoms with Crippen molar-refractivity contribution in [3.05, 3.63) is 22.4 Å². The fourth-order valence-electron chi connectivity index (χ4n) is 4.51. The topological polar surface area (TPSA) is 32.8 Å². The van der Waals surface area contributed by atoms with Gasteiger partial charge in [0.25, 0.3) is 0 Å². The smallest absolute Gasteiger partial charge is 0.219 e. The van der Waals surface area contributed by atoms with E-state index in [0.717, 1.165) is 51.9 Å². The molecule has 0 radical (unpaired) electrons. The number of carbonyl (C=O) groups excluding carboxylic acids is 1. The van der Waals surface area contributed by atoms with Crippen LogP contribution >= 0.6 is 11.3 Å². The zero-order valence-corrected chi connectivity index (χ0v) is 16.1. The van der Waals surface area contributed by atoms with E-state index in [2.05, 4.69) is 27.3 Å². The summed E-state index contributed by atoms with van der Waals surface area (Å²) in [6.45, 7) is 8.67. The molecule has 138 valence electrons. The van der Waals surface area contributed by atoms with E-state index >= 15 is 0 Å². The van der Waals surface area contributed by atoms with Crippen LogP contribution in [-0.4, -0.2) is 55.1 Å². The zero-order chi connectivity index (χ0) is 17.3. The average Bonchev–Trinajstić information content (AvgIpc) is 3.15. The number of hydrogen-bond donors (Lipinski definition) is 0. The first-order valence-electron chi connectivity index (χ1n) is 9.73. The van der Waals surface area contributed by atoms with E-state index in [-0.39, 0.29) is 11.3 Å². The summed E-state index contributed by atoms with van der Waals surface area (Å²) in [6, 6.07) is 4.37. The molecule has 3 aliphatic rings. The van der Waals surface area contributed by atoms with Crippen LogP contribution in [0.1, 0.15) is 37.5 Å². The summed E-state index contributed by atoms with van der Waals surface area (Å²) >= 11 is 1.85. The van der Waals surface area contributed by atoms with Gasteiger partial charge >= 0.3 is 0 Å². The number of likely N-dealkylation sites (tertiary alicyclic amines) is 2. The van der Waals surface area contributed by atoms with Crippen molar-refractivity contribution < 1.29 is 9.53 Å². The Morgan fingerprint density at radius 3 is 2.76 bits per heavy atom. The molecule has 1 saturated carbocycles. The molecule has 1 atom stereocenters. The summed E-state index contributed by atoms with van der Waals surface area (Å²) in [4.78, 5) is 18.1. The third-order valence-electron chi connectivity index (χ3n) is 6.44. The minimum Gasteiger partial charge on any atom is -0.381 e. The summed E-state index contributed by atoms with van der Waals surface area (Å²) in [5.74, 6) is 1.55. The monoisotopic (exact) mass is 362 g/mol. The van der Waals surface area contributed by atoms with Crippen molar-refractivity contribution in [1.29, 1.82) is 0 Å². The van der Waals surface area contributed by atoms with Gasteiger partial charge in [-0.1, -0.05) is 6.07 Å². The Bertz CT molecular complexity index is 577. The second-order valence-corrected chi connectivity index (χ2v) is 9.33. The summed E-state index contributed by atoms with van der Waals surface area (Å²) in [5, 5.41) is 2.16. The highest BCUT2D eigenvalue weighted by atomic mass is 32.1.